The van der Waals surface area contributed by atoms with E-state index >= 15 is 0 Å². The number of thiazole rings is 1. The molecule has 0 spiro atoms. The lowest BCUT2D eigenvalue weighted by Gasteiger charge is -2.08. The number of hydrazone groups is 1. The maximum atomic E-state index is 12.8. The summed E-state index contributed by atoms with van der Waals surface area (Å²) in [5.74, 6) is -0.369. The van der Waals surface area contributed by atoms with E-state index in [2.05, 4.69) is 20.3 Å². The van der Waals surface area contributed by atoms with E-state index in [9.17, 15) is 14.9 Å². The summed E-state index contributed by atoms with van der Waals surface area (Å²) in [7, 11) is 0. The largest absolute Gasteiger partial charge is 0.282 e. The first-order valence-corrected chi connectivity index (χ1v) is 9.87. The summed E-state index contributed by atoms with van der Waals surface area (Å²) >= 11 is 1.31. The molecule has 4 rings (SSSR count). The Kier molecular flexibility index (Phi) is 5.15. The molecule has 9 nitrogen and oxygen atoms in total. The van der Waals surface area contributed by atoms with Gasteiger partial charge in [-0.15, -0.1) is 11.3 Å². The number of aromatic nitrogens is 1. The Morgan fingerprint density at radius 1 is 1.17 bits per heavy atom. The van der Waals surface area contributed by atoms with Crippen molar-refractivity contribution in [3.63, 3.8) is 0 Å². The van der Waals surface area contributed by atoms with Crippen molar-refractivity contribution in [1.29, 1.82) is 0 Å². The number of aryl methyl sites for hydroxylation is 1. The maximum Gasteiger partial charge on any atom is 0.282 e. The van der Waals surface area contributed by atoms with Gasteiger partial charge < -0.3 is 0 Å². The van der Waals surface area contributed by atoms with E-state index in [1.807, 2.05) is 36.6 Å². The lowest BCUT2D eigenvalue weighted by atomic mass is 10.1. The van der Waals surface area contributed by atoms with Crippen LogP contribution in [0.4, 0.5) is 16.5 Å². The lowest BCUT2D eigenvalue weighted by Crippen LogP contribution is -2.29. The number of anilines is 1. The molecule has 1 aromatic heterocycles. The van der Waals surface area contributed by atoms with Crippen LogP contribution in [0.15, 0.2) is 69.2 Å². The summed E-state index contributed by atoms with van der Waals surface area (Å²) in [6, 6.07) is 12.8. The van der Waals surface area contributed by atoms with Crippen LogP contribution in [-0.4, -0.2) is 27.6 Å². The van der Waals surface area contributed by atoms with E-state index in [4.69, 9.17) is 0 Å². The Labute approximate surface area is 175 Å². The third kappa shape index (κ3) is 3.85. The molecule has 10 heteroatoms. The second kappa shape index (κ2) is 7.91. The number of nitro groups is 1. The first-order chi connectivity index (χ1) is 14.4. The van der Waals surface area contributed by atoms with Crippen LogP contribution in [0.3, 0.4) is 0 Å². The number of benzene rings is 2. The molecule has 2 heterocycles. The fourth-order valence-corrected chi connectivity index (χ4v) is 3.63. The minimum atomic E-state index is -0.893. The van der Waals surface area contributed by atoms with Crippen LogP contribution in [0.5, 0.6) is 0 Å². The molecule has 1 atom stereocenters. The molecule has 2 aromatic carbocycles. The second-order valence-electron chi connectivity index (χ2n) is 6.67. The molecule has 0 saturated heterocycles. The first-order valence-electron chi connectivity index (χ1n) is 8.99. The number of hydrogen-bond acceptors (Lipinski definition) is 8. The molecule has 30 heavy (non-hydrogen) atoms. The number of rotatable bonds is 5. The van der Waals surface area contributed by atoms with Crippen LogP contribution in [0.1, 0.15) is 12.5 Å². The lowest BCUT2D eigenvalue weighted by molar-refractivity contribution is -0.384. The Bertz CT molecular complexity index is 1190. The summed E-state index contributed by atoms with van der Waals surface area (Å²) in [6.07, 6.45) is 0. The molecule has 0 radical (unpaired) electrons. The molecule has 1 aliphatic rings. The molecular weight excluding hydrogens is 404 g/mol. The number of non-ortho nitro benzene ring substituents is 1. The van der Waals surface area contributed by atoms with E-state index in [1.165, 1.54) is 34.5 Å². The van der Waals surface area contributed by atoms with E-state index < -0.39 is 11.0 Å². The van der Waals surface area contributed by atoms with Gasteiger partial charge in [-0.05, 0) is 19.9 Å². The summed E-state index contributed by atoms with van der Waals surface area (Å²) in [6.45, 7) is 3.70. The van der Waals surface area contributed by atoms with E-state index in [1.54, 1.807) is 13.0 Å². The highest BCUT2D eigenvalue weighted by molar-refractivity contribution is 7.14. The van der Waals surface area contributed by atoms with Crippen molar-refractivity contribution in [3.05, 3.63) is 69.6 Å². The van der Waals surface area contributed by atoms with Gasteiger partial charge in [0.05, 0.1) is 22.0 Å². The van der Waals surface area contributed by atoms with Crippen molar-refractivity contribution < 1.29 is 9.72 Å². The zero-order valence-electron chi connectivity index (χ0n) is 16.1. The smallest absolute Gasteiger partial charge is 0.269 e. The highest BCUT2D eigenvalue weighted by Crippen LogP contribution is 2.31. The molecular formula is C20H16N6O3S. The summed E-state index contributed by atoms with van der Waals surface area (Å²) in [4.78, 5) is 27.7. The zero-order chi connectivity index (χ0) is 21.3. The van der Waals surface area contributed by atoms with Crippen molar-refractivity contribution in [2.45, 2.75) is 19.9 Å². The zero-order valence-corrected chi connectivity index (χ0v) is 16.9. The fourth-order valence-electron chi connectivity index (χ4n) is 2.84. The van der Waals surface area contributed by atoms with E-state index in [0.717, 1.165) is 16.8 Å². The van der Waals surface area contributed by atoms with Crippen LogP contribution in [0, 0.1) is 17.0 Å². The van der Waals surface area contributed by atoms with Crippen LogP contribution >= 0.6 is 11.3 Å². The number of hydrogen-bond donors (Lipinski definition) is 0. The van der Waals surface area contributed by atoms with E-state index in [-0.39, 0.29) is 11.6 Å². The third-order valence-electron chi connectivity index (χ3n) is 4.45. The van der Waals surface area contributed by atoms with Gasteiger partial charge in [0, 0.05) is 23.1 Å². The number of carbonyl (C=O) groups is 1. The number of azo groups is 1. The molecule has 0 bridgehead atoms. The Hall–Kier alpha value is -3.79. The third-order valence-corrected chi connectivity index (χ3v) is 5.26. The van der Waals surface area contributed by atoms with Gasteiger partial charge in [-0.3, -0.25) is 14.9 Å². The average molecular weight is 420 g/mol. The van der Waals surface area contributed by atoms with Gasteiger partial charge in [0.1, 0.15) is 0 Å². The Balaban J connectivity index is 1.53. The summed E-state index contributed by atoms with van der Waals surface area (Å²) in [5.41, 5.74) is 3.54. The quantitative estimate of drug-likeness (QED) is 0.332. The Morgan fingerprint density at radius 2 is 1.93 bits per heavy atom. The average Bonchev–Trinajstić information content (AvgIpc) is 3.32. The van der Waals surface area contributed by atoms with Crippen LogP contribution in [0.2, 0.25) is 0 Å². The first kappa shape index (κ1) is 19.5. The molecule has 0 aliphatic carbocycles. The monoisotopic (exact) mass is 420 g/mol. The minimum absolute atomic E-state index is 0.0948. The predicted octanol–water partition coefficient (Wildman–Crippen LogP) is 4.90. The number of nitro benzene ring substituents is 1. The molecule has 0 fully saturated rings. The number of amides is 1. The molecule has 1 amide bonds. The minimum Gasteiger partial charge on any atom is -0.269 e. The van der Waals surface area contributed by atoms with Gasteiger partial charge >= 0.3 is 0 Å². The van der Waals surface area contributed by atoms with Gasteiger partial charge in [-0.1, -0.05) is 35.9 Å². The SMILES string of the molecule is CC1=NN(c2nc(-c3ccc(C)cc3)cs2)C(=O)[C@H]1N=Nc1cccc([N+](=O)[O-])c1. The van der Waals surface area contributed by atoms with Crippen molar-refractivity contribution in [2.75, 3.05) is 5.01 Å². The molecule has 0 unspecified atom stereocenters. The summed E-state index contributed by atoms with van der Waals surface area (Å²) < 4.78 is 0. The molecule has 150 valence electrons. The van der Waals surface area contributed by atoms with Crippen molar-refractivity contribution in [2.24, 2.45) is 15.3 Å². The Morgan fingerprint density at radius 3 is 2.67 bits per heavy atom. The van der Waals surface area contributed by atoms with Gasteiger partial charge in [-0.2, -0.15) is 20.3 Å². The van der Waals surface area contributed by atoms with Gasteiger partial charge in [0.15, 0.2) is 6.04 Å². The number of carbonyl (C=O) groups excluding carboxylic acids is 1. The summed E-state index contributed by atoms with van der Waals surface area (Å²) in [5, 5.41) is 26.8. The van der Waals surface area contributed by atoms with Crippen molar-refractivity contribution >= 4 is 39.5 Å². The van der Waals surface area contributed by atoms with Crippen LogP contribution in [0.25, 0.3) is 11.3 Å². The van der Waals surface area contributed by atoms with Gasteiger partial charge in [0.25, 0.3) is 11.6 Å². The van der Waals surface area contributed by atoms with Crippen LogP contribution < -0.4 is 5.01 Å². The predicted molar refractivity (Wildman–Crippen MR) is 114 cm³/mol. The fraction of sp³-hybridized carbons (Fsp3) is 0.150. The number of nitrogens with zero attached hydrogens (tertiary/aromatic N) is 6. The second-order valence-corrected chi connectivity index (χ2v) is 7.50. The normalized spacial score (nSPS) is 16.3. The topological polar surface area (TPSA) is 113 Å². The maximum absolute atomic E-state index is 12.8. The standard InChI is InChI=1S/C20H16N6O3S/c1-12-6-8-14(9-7-12)17-11-30-20(21-17)25-19(27)18(13(2)24-25)23-22-15-4-3-5-16(10-15)26(28)29/h3-11,18H,1-2H3/t18-/m0/s1. The van der Waals surface area contributed by atoms with Crippen LogP contribution in [-0.2, 0) is 4.79 Å². The molecule has 1 aliphatic heterocycles. The molecule has 3 aromatic rings. The highest BCUT2D eigenvalue weighted by atomic mass is 32.1. The van der Waals surface area contributed by atoms with Crippen molar-refractivity contribution in [3.8, 4) is 11.3 Å². The highest BCUT2D eigenvalue weighted by Gasteiger charge is 2.36. The van der Waals surface area contributed by atoms with E-state index in [0.29, 0.717) is 16.5 Å². The van der Waals surface area contributed by atoms with Gasteiger partial charge in [-0.25, -0.2) is 4.98 Å². The molecule has 0 saturated carbocycles. The van der Waals surface area contributed by atoms with Gasteiger partial charge in [0.2, 0.25) is 5.13 Å². The van der Waals surface area contributed by atoms with Crippen molar-refractivity contribution in [1.82, 2.24) is 4.98 Å². The molecule has 0 N–H and O–H groups in total.